The van der Waals surface area contributed by atoms with Crippen LogP contribution in [0.4, 0.5) is 0 Å². The third-order valence-electron chi connectivity index (χ3n) is 5.76. The van der Waals surface area contributed by atoms with E-state index in [0.29, 0.717) is 28.6 Å². The number of imide groups is 1. The van der Waals surface area contributed by atoms with Gasteiger partial charge in [0.05, 0.1) is 27.6 Å². The first-order valence-corrected chi connectivity index (χ1v) is 10.2. The molecule has 0 N–H and O–H groups in total. The van der Waals surface area contributed by atoms with Gasteiger partial charge in [0.2, 0.25) is 0 Å². The molecule has 2 aliphatic heterocycles. The van der Waals surface area contributed by atoms with Crippen molar-refractivity contribution >= 4 is 28.7 Å². The second-order valence-corrected chi connectivity index (χ2v) is 7.67. The van der Waals surface area contributed by atoms with Gasteiger partial charge in [0.15, 0.2) is 6.73 Å². The molecule has 31 heavy (non-hydrogen) atoms. The van der Waals surface area contributed by atoms with Crippen LogP contribution in [0.2, 0.25) is 0 Å². The second-order valence-electron chi connectivity index (χ2n) is 7.67. The minimum atomic E-state index is -0.699. The predicted molar refractivity (Wildman–Crippen MR) is 111 cm³/mol. The molecule has 8 heteroatoms. The highest BCUT2D eigenvalue weighted by Gasteiger charge is 2.35. The summed E-state index contributed by atoms with van der Waals surface area (Å²) in [6.45, 7) is 0.171. The number of aromatic nitrogens is 2. The van der Waals surface area contributed by atoms with Gasteiger partial charge in [-0.05, 0) is 43.2 Å². The van der Waals surface area contributed by atoms with Crippen LogP contribution in [0, 0.1) is 0 Å². The van der Waals surface area contributed by atoms with Crippen molar-refractivity contribution in [3.63, 3.8) is 0 Å². The van der Waals surface area contributed by atoms with E-state index in [1.807, 2.05) is 0 Å². The summed E-state index contributed by atoms with van der Waals surface area (Å²) < 4.78 is 6.95. The van der Waals surface area contributed by atoms with Gasteiger partial charge in [0, 0.05) is 13.0 Å². The zero-order chi connectivity index (χ0) is 21.5. The lowest BCUT2D eigenvalue weighted by Gasteiger charge is -2.14. The molecule has 0 aliphatic carbocycles. The van der Waals surface area contributed by atoms with Gasteiger partial charge < -0.3 is 4.74 Å². The zero-order valence-corrected chi connectivity index (χ0v) is 16.7. The Morgan fingerprint density at radius 1 is 0.968 bits per heavy atom. The van der Waals surface area contributed by atoms with Gasteiger partial charge in [-0.15, -0.1) is 0 Å². The van der Waals surface area contributed by atoms with Crippen LogP contribution in [-0.2, 0) is 17.7 Å². The van der Waals surface area contributed by atoms with E-state index in [1.165, 1.54) is 12.1 Å². The lowest BCUT2D eigenvalue weighted by atomic mass is 10.1. The van der Waals surface area contributed by atoms with Crippen molar-refractivity contribution in [2.45, 2.75) is 32.2 Å². The van der Waals surface area contributed by atoms with Gasteiger partial charge >= 0.3 is 5.97 Å². The number of benzene rings is 2. The van der Waals surface area contributed by atoms with E-state index < -0.39 is 24.5 Å². The van der Waals surface area contributed by atoms with Crippen LogP contribution in [0.25, 0.3) is 10.9 Å². The summed E-state index contributed by atoms with van der Waals surface area (Å²) in [6, 6.07) is 11.1. The van der Waals surface area contributed by atoms with Crippen molar-refractivity contribution in [3.8, 4) is 0 Å². The van der Waals surface area contributed by atoms with Crippen LogP contribution in [0.15, 0.2) is 47.3 Å². The number of hydrogen-bond donors (Lipinski definition) is 0. The van der Waals surface area contributed by atoms with Crippen LogP contribution in [-0.4, -0.2) is 39.0 Å². The quantitative estimate of drug-likeness (QED) is 0.480. The van der Waals surface area contributed by atoms with Gasteiger partial charge in [0.25, 0.3) is 17.4 Å². The third kappa shape index (κ3) is 3.20. The molecule has 156 valence electrons. The summed E-state index contributed by atoms with van der Waals surface area (Å²) in [5.41, 5.74) is 1.12. The molecule has 3 aromatic rings. The van der Waals surface area contributed by atoms with Crippen molar-refractivity contribution in [3.05, 3.63) is 75.3 Å². The summed E-state index contributed by atoms with van der Waals surface area (Å²) >= 11 is 0. The first kappa shape index (κ1) is 19.2. The van der Waals surface area contributed by atoms with E-state index in [2.05, 4.69) is 4.98 Å². The Labute approximate surface area is 177 Å². The molecule has 2 aromatic carbocycles. The van der Waals surface area contributed by atoms with Gasteiger partial charge in [-0.2, -0.15) is 0 Å². The van der Waals surface area contributed by atoms with E-state index in [4.69, 9.17) is 4.74 Å². The van der Waals surface area contributed by atoms with Crippen LogP contribution in [0.3, 0.4) is 0 Å². The molecule has 0 bridgehead atoms. The largest absolute Gasteiger partial charge is 0.440 e. The number of esters is 1. The second kappa shape index (κ2) is 7.46. The van der Waals surface area contributed by atoms with Crippen molar-refractivity contribution in [1.29, 1.82) is 0 Å². The highest BCUT2D eigenvalue weighted by molar-refractivity contribution is 6.21. The zero-order valence-electron chi connectivity index (χ0n) is 16.7. The van der Waals surface area contributed by atoms with Crippen molar-refractivity contribution in [2.24, 2.45) is 0 Å². The Hall–Kier alpha value is -3.81. The summed E-state index contributed by atoms with van der Waals surface area (Å²) in [5, 5.41) is 0.447. The Kier molecular flexibility index (Phi) is 4.62. The smallest absolute Gasteiger partial charge is 0.339 e. The molecule has 2 aliphatic rings. The SMILES string of the molecule is O=C(OCN1C(=O)c2ccccc2C1=O)c1ccc2c(=O)n3c(nc2c1)CCCCC3. The van der Waals surface area contributed by atoms with Gasteiger partial charge in [-0.3, -0.25) is 19.0 Å². The maximum Gasteiger partial charge on any atom is 0.339 e. The molecule has 0 spiro atoms. The average molecular weight is 417 g/mol. The normalized spacial score (nSPS) is 15.5. The maximum absolute atomic E-state index is 12.8. The molecule has 1 aromatic heterocycles. The third-order valence-corrected chi connectivity index (χ3v) is 5.76. The van der Waals surface area contributed by atoms with Crippen LogP contribution in [0.1, 0.15) is 56.2 Å². The monoisotopic (exact) mass is 417 g/mol. The molecule has 0 radical (unpaired) electrons. The highest BCUT2D eigenvalue weighted by atomic mass is 16.5. The molecule has 2 amide bonds. The number of aryl methyl sites for hydroxylation is 1. The number of fused-ring (bicyclic) bond motifs is 3. The topological polar surface area (TPSA) is 98.6 Å². The van der Waals surface area contributed by atoms with Crippen LogP contribution < -0.4 is 5.56 Å². The number of rotatable bonds is 3. The number of carbonyl (C=O) groups is 3. The van der Waals surface area contributed by atoms with E-state index in [-0.39, 0.29) is 11.1 Å². The lowest BCUT2D eigenvalue weighted by molar-refractivity contribution is 0.0228. The molecule has 0 atom stereocenters. The number of nitrogens with zero attached hydrogens (tertiary/aromatic N) is 3. The van der Waals surface area contributed by atoms with Crippen molar-refractivity contribution in [2.75, 3.05) is 6.73 Å². The molecule has 8 nitrogen and oxygen atoms in total. The van der Waals surface area contributed by atoms with E-state index >= 15 is 0 Å². The molecular formula is C23H19N3O5. The molecule has 3 heterocycles. The molecule has 5 rings (SSSR count). The van der Waals surface area contributed by atoms with E-state index in [9.17, 15) is 19.2 Å². The van der Waals surface area contributed by atoms with Crippen LogP contribution >= 0.6 is 0 Å². The fourth-order valence-corrected chi connectivity index (χ4v) is 4.11. The Balaban J connectivity index is 1.38. The highest BCUT2D eigenvalue weighted by Crippen LogP contribution is 2.22. The summed E-state index contributed by atoms with van der Waals surface area (Å²) in [6.07, 6.45) is 3.69. The fourth-order valence-electron chi connectivity index (χ4n) is 4.11. The van der Waals surface area contributed by atoms with Gasteiger partial charge in [-0.1, -0.05) is 18.6 Å². The average Bonchev–Trinajstić information content (AvgIpc) is 2.93. The molecule has 0 saturated carbocycles. The number of ether oxygens (including phenoxy) is 1. The Bertz CT molecular complexity index is 1280. The van der Waals surface area contributed by atoms with Gasteiger partial charge in [0.1, 0.15) is 5.82 Å². The van der Waals surface area contributed by atoms with Crippen LogP contribution in [0.5, 0.6) is 0 Å². The standard InChI is InChI=1S/C23H19N3O5/c27-20-15-6-3-4-7-16(15)21(28)26(20)13-31-23(30)14-9-10-17-18(12-14)24-19-8-2-1-5-11-25(19)22(17)29/h3-4,6-7,9-10,12H,1-2,5,8,11,13H2. The fraction of sp³-hybridized carbons (Fsp3) is 0.261. The summed E-state index contributed by atoms with van der Waals surface area (Å²) in [5.74, 6) is -0.963. The molecule has 0 saturated heterocycles. The molecular weight excluding hydrogens is 398 g/mol. The summed E-state index contributed by atoms with van der Waals surface area (Å²) in [4.78, 5) is 55.7. The van der Waals surface area contributed by atoms with Gasteiger partial charge in [-0.25, -0.2) is 14.7 Å². The summed E-state index contributed by atoms with van der Waals surface area (Å²) in [7, 11) is 0. The lowest BCUT2D eigenvalue weighted by Crippen LogP contribution is -2.33. The minimum absolute atomic E-state index is 0.104. The Morgan fingerprint density at radius 3 is 2.45 bits per heavy atom. The first-order valence-electron chi connectivity index (χ1n) is 10.2. The molecule has 0 unspecified atom stereocenters. The minimum Gasteiger partial charge on any atom is -0.440 e. The number of hydrogen-bond acceptors (Lipinski definition) is 6. The van der Waals surface area contributed by atoms with Crippen molar-refractivity contribution < 1.29 is 19.1 Å². The maximum atomic E-state index is 12.8. The number of amides is 2. The van der Waals surface area contributed by atoms with E-state index in [0.717, 1.165) is 36.4 Å². The van der Waals surface area contributed by atoms with E-state index in [1.54, 1.807) is 34.9 Å². The number of carbonyl (C=O) groups excluding carboxylic acids is 3. The predicted octanol–water partition coefficient (Wildman–Crippen LogP) is 2.53. The Morgan fingerprint density at radius 2 is 1.71 bits per heavy atom. The van der Waals surface area contributed by atoms with Crippen molar-refractivity contribution in [1.82, 2.24) is 14.5 Å². The molecule has 0 fully saturated rings. The first-order chi connectivity index (χ1) is 15.0.